The molecule has 6 heteroatoms. The lowest BCUT2D eigenvalue weighted by Crippen LogP contribution is -2.13. The summed E-state index contributed by atoms with van der Waals surface area (Å²) < 4.78 is 5.59. The Bertz CT molecular complexity index is 840. The minimum absolute atomic E-state index is 0.0318. The molecule has 26 heavy (non-hydrogen) atoms. The molecule has 0 spiro atoms. The van der Waals surface area contributed by atoms with Crippen molar-refractivity contribution in [3.05, 3.63) is 63.6 Å². The topological polar surface area (TPSA) is 62.1 Å². The number of benzene rings is 2. The van der Waals surface area contributed by atoms with E-state index in [9.17, 15) is 10.1 Å². The molecule has 0 unspecified atom stereocenters. The molecule has 0 aliphatic carbocycles. The van der Waals surface area contributed by atoms with Crippen molar-refractivity contribution in [3.63, 3.8) is 0 Å². The number of nitrogens with one attached hydrogen (secondary N) is 1. The highest BCUT2D eigenvalue weighted by Gasteiger charge is 2.11. The van der Waals surface area contributed by atoms with Gasteiger partial charge in [-0.05, 0) is 48.4 Å². The summed E-state index contributed by atoms with van der Waals surface area (Å²) in [7, 11) is 0. The molecule has 0 atom stereocenters. The lowest BCUT2D eigenvalue weighted by molar-refractivity contribution is -0.112. The van der Waals surface area contributed by atoms with Gasteiger partial charge in [-0.15, -0.1) is 0 Å². The van der Waals surface area contributed by atoms with Gasteiger partial charge in [0.15, 0.2) is 0 Å². The third kappa shape index (κ3) is 5.80. The Morgan fingerprint density at radius 3 is 2.58 bits per heavy atom. The van der Waals surface area contributed by atoms with E-state index in [0.29, 0.717) is 22.3 Å². The molecule has 0 aliphatic rings. The lowest BCUT2D eigenvalue weighted by atomic mass is 10.1. The standard InChI is InChI=1S/C20H18Cl2N2O2/c1-2-3-10-26-17-7-4-14(5-8-17)11-15(13-23)20(25)24-19-9-6-16(21)12-18(19)22/h4-9,11-12H,2-3,10H2,1H3,(H,24,25)/b15-11+. The van der Waals surface area contributed by atoms with Crippen LogP contribution in [0.2, 0.25) is 10.0 Å². The molecular weight excluding hydrogens is 371 g/mol. The first kappa shape index (κ1) is 19.8. The van der Waals surface area contributed by atoms with Crippen LogP contribution in [0, 0.1) is 11.3 Å². The van der Waals surface area contributed by atoms with Gasteiger partial charge in [0.25, 0.3) is 5.91 Å². The molecule has 4 nitrogen and oxygen atoms in total. The van der Waals surface area contributed by atoms with Gasteiger partial charge in [-0.1, -0.05) is 48.7 Å². The first-order valence-corrected chi connectivity index (χ1v) is 8.90. The van der Waals surface area contributed by atoms with E-state index in [1.807, 2.05) is 18.2 Å². The molecule has 0 radical (unpaired) electrons. The molecule has 2 aromatic rings. The van der Waals surface area contributed by atoms with E-state index in [1.165, 1.54) is 12.1 Å². The van der Waals surface area contributed by atoms with Gasteiger partial charge in [-0.2, -0.15) is 5.26 Å². The maximum Gasteiger partial charge on any atom is 0.266 e. The zero-order chi connectivity index (χ0) is 18.9. The fourth-order valence-electron chi connectivity index (χ4n) is 2.09. The van der Waals surface area contributed by atoms with Crippen molar-refractivity contribution in [3.8, 4) is 11.8 Å². The maximum atomic E-state index is 12.3. The van der Waals surface area contributed by atoms with Crippen LogP contribution >= 0.6 is 23.2 Å². The van der Waals surface area contributed by atoms with Gasteiger partial charge in [-0.25, -0.2) is 0 Å². The summed E-state index contributed by atoms with van der Waals surface area (Å²) in [5.74, 6) is 0.214. The van der Waals surface area contributed by atoms with Crippen LogP contribution in [0.4, 0.5) is 5.69 Å². The molecule has 0 aliphatic heterocycles. The van der Waals surface area contributed by atoms with Crippen molar-refractivity contribution in [2.75, 3.05) is 11.9 Å². The fraction of sp³-hybridized carbons (Fsp3) is 0.200. The number of carbonyl (C=O) groups is 1. The molecule has 0 fully saturated rings. The summed E-state index contributed by atoms with van der Waals surface area (Å²) in [4.78, 5) is 12.3. The third-order valence-corrected chi connectivity index (χ3v) is 4.05. The Hall–Kier alpha value is -2.48. The van der Waals surface area contributed by atoms with E-state index in [2.05, 4.69) is 12.2 Å². The molecular formula is C20H18Cl2N2O2. The highest BCUT2D eigenvalue weighted by atomic mass is 35.5. The number of hydrogen-bond donors (Lipinski definition) is 1. The number of hydrogen-bond acceptors (Lipinski definition) is 3. The van der Waals surface area contributed by atoms with Crippen molar-refractivity contribution in [2.24, 2.45) is 0 Å². The van der Waals surface area contributed by atoms with E-state index in [-0.39, 0.29) is 5.57 Å². The van der Waals surface area contributed by atoms with Crippen LogP contribution in [-0.2, 0) is 4.79 Å². The van der Waals surface area contributed by atoms with Gasteiger partial charge < -0.3 is 10.1 Å². The van der Waals surface area contributed by atoms with Gasteiger partial charge in [0.1, 0.15) is 17.4 Å². The molecule has 2 rings (SSSR count). The van der Waals surface area contributed by atoms with Gasteiger partial charge >= 0.3 is 0 Å². The molecule has 1 amide bonds. The van der Waals surface area contributed by atoms with Crippen molar-refractivity contribution >= 4 is 40.9 Å². The molecule has 0 bridgehead atoms. The third-order valence-electron chi connectivity index (χ3n) is 3.50. The number of halogens is 2. The average Bonchev–Trinajstić information content (AvgIpc) is 2.63. The summed E-state index contributed by atoms with van der Waals surface area (Å²) >= 11 is 11.9. The number of amides is 1. The van der Waals surface area contributed by atoms with E-state index in [1.54, 1.807) is 24.3 Å². The number of anilines is 1. The van der Waals surface area contributed by atoms with Crippen molar-refractivity contribution in [1.82, 2.24) is 0 Å². The molecule has 1 N–H and O–H groups in total. The van der Waals surface area contributed by atoms with Crippen LogP contribution in [0.3, 0.4) is 0 Å². The summed E-state index contributed by atoms with van der Waals surface area (Å²) in [5, 5.41) is 12.7. The number of nitriles is 1. The second-order valence-corrected chi connectivity index (χ2v) is 6.36. The monoisotopic (exact) mass is 388 g/mol. The van der Waals surface area contributed by atoms with E-state index in [0.717, 1.165) is 24.2 Å². The van der Waals surface area contributed by atoms with Crippen LogP contribution in [0.25, 0.3) is 6.08 Å². The highest BCUT2D eigenvalue weighted by Crippen LogP contribution is 2.26. The summed E-state index contributed by atoms with van der Waals surface area (Å²) in [6.45, 7) is 2.77. The minimum Gasteiger partial charge on any atom is -0.494 e. The number of rotatable bonds is 7. The number of unbranched alkanes of at least 4 members (excludes halogenated alkanes) is 1. The normalized spacial score (nSPS) is 10.9. The Labute approximate surface area is 163 Å². The molecule has 0 aromatic heterocycles. The highest BCUT2D eigenvalue weighted by molar-refractivity contribution is 6.36. The van der Waals surface area contributed by atoms with Crippen molar-refractivity contribution in [1.29, 1.82) is 5.26 Å². The fourth-order valence-corrected chi connectivity index (χ4v) is 2.55. The van der Waals surface area contributed by atoms with E-state index < -0.39 is 5.91 Å². The predicted octanol–water partition coefficient (Wildman–Crippen LogP) is 5.72. The molecule has 0 saturated heterocycles. The second-order valence-electron chi connectivity index (χ2n) is 5.52. The van der Waals surface area contributed by atoms with Crippen LogP contribution in [0.1, 0.15) is 25.3 Å². The number of carbonyl (C=O) groups excluding carboxylic acids is 1. The summed E-state index contributed by atoms with van der Waals surface area (Å²) in [5.41, 5.74) is 1.08. The Morgan fingerprint density at radius 2 is 1.96 bits per heavy atom. The average molecular weight is 389 g/mol. The Kier molecular flexibility index (Phi) is 7.53. The van der Waals surface area contributed by atoms with Crippen LogP contribution in [0.15, 0.2) is 48.0 Å². The van der Waals surface area contributed by atoms with E-state index in [4.69, 9.17) is 27.9 Å². The lowest BCUT2D eigenvalue weighted by Gasteiger charge is -2.07. The molecule has 134 valence electrons. The Morgan fingerprint density at radius 1 is 1.23 bits per heavy atom. The summed E-state index contributed by atoms with van der Waals surface area (Å²) in [6.07, 6.45) is 3.57. The summed E-state index contributed by atoms with van der Waals surface area (Å²) in [6, 6.07) is 13.8. The Balaban J connectivity index is 2.09. The van der Waals surface area contributed by atoms with Crippen LogP contribution in [0.5, 0.6) is 5.75 Å². The smallest absolute Gasteiger partial charge is 0.266 e. The minimum atomic E-state index is -0.542. The first-order valence-electron chi connectivity index (χ1n) is 8.14. The first-order chi connectivity index (χ1) is 12.5. The van der Waals surface area contributed by atoms with Gasteiger partial charge in [0, 0.05) is 5.02 Å². The number of ether oxygens (including phenoxy) is 1. The SMILES string of the molecule is CCCCOc1ccc(/C=C(\C#N)C(=O)Nc2ccc(Cl)cc2Cl)cc1. The van der Waals surface area contributed by atoms with Crippen molar-refractivity contribution < 1.29 is 9.53 Å². The predicted molar refractivity (Wildman–Crippen MR) is 106 cm³/mol. The molecule has 2 aromatic carbocycles. The second kappa shape index (κ2) is 9.86. The van der Waals surface area contributed by atoms with Gasteiger partial charge in [0.2, 0.25) is 0 Å². The van der Waals surface area contributed by atoms with Crippen LogP contribution in [-0.4, -0.2) is 12.5 Å². The molecule has 0 saturated carbocycles. The van der Waals surface area contributed by atoms with Crippen molar-refractivity contribution in [2.45, 2.75) is 19.8 Å². The molecule has 0 heterocycles. The largest absolute Gasteiger partial charge is 0.494 e. The zero-order valence-electron chi connectivity index (χ0n) is 14.3. The number of nitrogens with zero attached hydrogens (tertiary/aromatic N) is 1. The van der Waals surface area contributed by atoms with Crippen LogP contribution < -0.4 is 10.1 Å². The van der Waals surface area contributed by atoms with E-state index >= 15 is 0 Å². The van der Waals surface area contributed by atoms with Gasteiger partial charge in [-0.3, -0.25) is 4.79 Å². The maximum absolute atomic E-state index is 12.3. The van der Waals surface area contributed by atoms with Gasteiger partial charge in [0.05, 0.1) is 17.3 Å². The zero-order valence-corrected chi connectivity index (χ0v) is 15.8. The quantitative estimate of drug-likeness (QED) is 0.374.